The van der Waals surface area contributed by atoms with Crippen molar-refractivity contribution < 1.29 is 14.3 Å². The molecule has 2 N–H and O–H groups in total. The van der Waals surface area contributed by atoms with E-state index in [1.165, 1.54) is 0 Å². The van der Waals surface area contributed by atoms with Crippen LogP contribution in [0.4, 0.5) is 0 Å². The molecule has 132 valence electrons. The van der Waals surface area contributed by atoms with Gasteiger partial charge in [-0.15, -0.1) is 0 Å². The zero-order valence-electron chi connectivity index (χ0n) is 14.2. The van der Waals surface area contributed by atoms with E-state index in [-0.39, 0.29) is 5.91 Å². The van der Waals surface area contributed by atoms with Crippen LogP contribution in [0.3, 0.4) is 0 Å². The van der Waals surface area contributed by atoms with Crippen molar-refractivity contribution in [3.63, 3.8) is 0 Å². The summed E-state index contributed by atoms with van der Waals surface area (Å²) in [4.78, 5) is 15.2. The van der Waals surface area contributed by atoms with Crippen molar-refractivity contribution >= 4 is 23.0 Å². The summed E-state index contributed by atoms with van der Waals surface area (Å²) in [6, 6.07) is 13.6. The fourth-order valence-electron chi connectivity index (χ4n) is 2.96. The predicted octanol–water partition coefficient (Wildman–Crippen LogP) is 3.02. The number of aryl methyl sites for hydroxylation is 1. The maximum Gasteiger partial charge on any atom is 0.240 e. The molecule has 4 rings (SSSR count). The van der Waals surface area contributed by atoms with Crippen LogP contribution in [0.15, 0.2) is 53.8 Å². The quantitative estimate of drug-likeness (QED) is 0.549. The van der Waals surface area contributed by atoms with Crippen LogP contribution in [0.1, 0.15) is 17.5 Å². The number of H-pyrrole nitrogens is 1. The van der Waals surface area contributed by atoms with Crippen LogP contribution in [0.25, 0.3) is 10.9 Å². The van der Waals surface area contributed by atoms with E-state index in [2.05, 4.69) is 21.6 Å². The van der Waals surface area contributed by atoms with Gasteiger partial charge in [-0.1, -0.05) is 18.2 Å². The summed E-state index contributed by atoms with van der Waals surface area (Å²) in [5.41, 5.74) is 5.62. The topological polar surface area (TPSA) is 75.7 Å². The molecule has 1 amide bonds. The summed E-state index contributed by atoms with van der Waals surface area (Å²) in [5.74, 6) is 1.31. The van der Waals surface area contributed by atoms with Crippen LogP contribution in [-0.4, -0.2) is 30.3 Å². The number of nitrogens with one attached hydrogen (secondary N) is 2. The number of fused-ring (bicyclic) bond motifs is 2. The van der Waals surface area contributed by atoms with E-state index in [4.69, 9.17) is 9.47 Å². The first-order valence-electron chi connectivity index (χ1n) is 8.56. The normalized spacial score (nSPS) is 13.2. The molecule has 0 radical (unpaired) electrons. The lowest BCUT2D eigenvalue weighted by atomic mass is 10.1. The number of aromatic nitrogens is 1. The Labute approximate surface area is 150 Å². The predicted molar refractivity (Wildman–Crippen MR) is 99.8 cm³/mol. The standard InChI is InChI=1S/C20H19N3O3/c24-20(8-6-15-13-21-17-4-2-1-3-16(15)17)23-22-12-14-5-7-18-19(11-14)26-10-9-25-18/h1-5,7,11-13,21H,6,8-10H2,(H,23,24). The first kappa shape index (κ1) is 16.2. The van der Waals surface area contributed by atoms with Crippen LogP contribution in [0, 0.1) is 0 Å². The van der Waals surface area contributed by atoms with Crippen LogP contribution in [-0.2, 0) is 11.2 Å². The van der Waals surface area contributed by atoms with E-state index < -0.39 is 0 Å². The minimum atomic E-state index is -0.121. The molecule has 0 saturated heterocycles. The van der Waals surface area contributed by atoms with E-state index in [1.54, 1.807) is 6.21 Å². The van der Waals surface area contributed by atoms with E-state index in [0.717, 1.165) is 27.8 Å². The number of hydrogen-bond donors (Lipinski definition) is 2. The Morgan fingerprint density at radius 2 is 2.00 bits per heavy atom. The van der Waals surface area contributed by atoms with Crippen molar-refractivity contribution in [3.8, 4) is 11.5 Å². The number of rotatable bonds is 5. The number of benzene rings is 2. The fourth-order valence-corrected chi connectivity index (χ4v) is 2.96. The number of amides is 1. The van der Waals surface area contributed by atoms with E-state index >= 15 is 0 Å². The van der Waals surface area contributed by atoms with Gasteiger partial charge < -0.3 is 14.5 Å². The number of carbonyl (C=O) groups is 1. The van der Waals surface area contributed by atoms with Gasteiger partial charge in [-0.2, -0.15) is 5.10 Å². The highest BCUT2D eigenvalue weighted by atomic mass is 16.6. The summed E-state index contributed by atoms with van der Waals surface area (Å²) >= 11 is 0. The van der Waals surface area contributed by atoms with Crippen molar-refractivity contribution in [3.05, 3.63) is 59.8 Å². The Balaban J connectivity index is 1.32. The lowest BCUT2D eigenvalue weighted by Gasteiger charge is -2.18. The molecule has 2 aromatic carbocycles. The SMILES string of the molecule is O=C(CCc1c[nH]c2ccccc12)NN=Cc1ccc2c(c1)OCCO2. The molecule has 0 atom stereocenters. The van der Waals surface area contributed by atoms with Crippen LogP contribution in [0.5, 0.6) is 11.5 Å². The summed E-state index contributed by atoms with van der Waals surface area (Å²) in [6.07, 6.45) is 4.59. The number of hydrazone groups is 1. The van der Waals surface area contributed by atoms with Gasteiger partial charge in [-0.05, 0) is 41.8 Å². The zero-order valence-corrected chi connectivity index (χ0v) is 14.2. The number of nitrogens with zero attached hydrogens (tertiary/aromatic N) is 1. The first-order valence-corrected chi connectivity index (χ1v) is 8.56. The number of ether oxygens (including phenoxy) is 2. The number of carbonyl (C=O) groups excluding carboxylic acids is 1. The van der Waals surface area contributed by atoms with Gasteiger partial charge in [0.15, 0.2) is 11.5 Å². The number of hydrogen-bond acceptors (Lipinski definition) is 4. The molecule has 0 aliphatic carbocycles. The summed E-state index contributed by atoms with van der Waals surface area (Å²) in [6.45, 7) is 1.10. The number of para-hydroxylation sites is 1. The monoisotopic (exact) mass is 349 g/mol. The third kappa shape index (κ3) is 3.54. The number of aromatic amines is 1. The molecule has 1 aromatic heterocycles. The molecule has 26 heavy (non-hydrogen) atoms. The molecular weight excluding hydrogens is 330 g/mol. The molecule has 0 unspecified atom stereocenters. The lowest BCUT2D eigenvalue weighted by molar-refractivity contribution is -0.121. The minimum Gasteiger partial charge on any atom is -0.486 e. The van der Waals surface area contributed by atoms with Gasteiger partial charge in [0.05, 0.1) is 6.21 Å². The molecule has 1 aliphatic heterocycles. The van der Waals surface area contributed by atoms with Crippen LogP contribution >= 0.6 is 0 Å². The van der Waals surface area contributed by atoms with Gasteiger partial charge in [0.2, 0.25) is 5.91 Å². The average molecular weight is 349 g/mol. The average Bonchev–Trinajstić information content (AvgIpc) is 3.09. The maximum absolute atomic E-state index is 12.0. The second-order valence-electron chi connectivity index (χ2n) is 6.06. The van der Waals surface area contributed by atoms with Crippen LogP contribution < -0.4 is 14.9 Å². The van der Waals surface area contributed by atoms with Crippen molar-refractivity contribution in [1.29, 1.82) is 0 Å². The van der Waals surface area contributed by atoms with Crippen molar-refractivity contribution in [2.75, 3.05) is 13.2 Å². The van der Waals surface area contributed by atoms with E-state index in [9.17, 15) is 4.79 Å². The smallest absolute Gasteiger partial charge is 0.240 e. The summed E-state index contributed by atoms with van der Waals surface area (Å²) in [5, 5.41) is 5.18. The molecule has 3 aromatic rings. The molecule has 6 nitrogen and oxygen atoms in total. The lowest BCUT2D eigenvalue weighted by Crippen LogP contribution is -2.18. The van der Waals surface area contributed by atoms with Gasteiger partial charge in [0.1, 0.15) is 13.2 Å². The Kier molecular flexibility index (Phi) is 4.55. The van der Waals surface area contributed by atoms with Crippen molar-refractivity contribution in [2.24, 2.45) is 5.10 Å². The molecule has 0 spiro atoms. The Morgan fingerprint density at radius 1 is 1.15 bits per heavy atom. The van der Waals surface area contributed by atoms with Gasteiger partial charge in [-0.25, -0.2) is 5.43 Å². The zero-order chi connectivity index (χ0) is 17.8. The second kappa shape index (κ2) is 7.31. The molecule has 6 heteroatoms. The third-order valence-corrected chi connectivity index (χ3v) is 4.27. The van der Waals surface area contributed by atoms with Crippen molar-refractivity contribution in [1.82, 2.24) is 10.4 Å². The van der Waals surface area contributed by atoms with Gasteiger partial charge in [-0.3, -0.25) is 4.79 Å². The largest absolute Gasteiger partial charge is 0.486 e. The first-order chi connectivity index (χ1) is 12.8. The Hall–Kier alpha value is -3.28. The summed E-state index contributed by atoms with van der Waals surface area (Å²) in [7, 11) is 0. The molecule has 0 fully saturated rings. The third-order valence-electron chi connectivity index (χ3n) is 4.27. The Morgan fingerprint density at radius 3 is 2.92 bits per heavy atom. The highest BCUT2D eigenvalue weighted by Crippen LogP contribution is 2.30. The highest BCUT2D eigenvalue weighted by Gasteiger charge is 2.11. The molecule has 2 heterocycles. The second-order valence-corrected chi connectivity index (χ2v) is 6.06. The minimum absolute atomic E-state index is 0.121. The van der Waals surface area contributed by atoms with Gasteiger partial charge in [0.25, 0.3) is 0 Å². The molecule has 0 bridgehead atoms. The summed E-state index contributed by atoms with van der Waals surface area (Å²) < 4.78 is 11.0. The maximum atomic E-state index is 12.0. The molecule has 1 aliphatic rings. The van der Waals surface area contributed by atoms with Crippen molar-refractivity contribution in [2.45, 2.75) is 12.8 Å². The van der Waals surface area contributed by atoms with E-state index in [1.807, 2.05) is 42.6 Å². The van der Waals surface area contributed by atoms with E-state index in [0.29, 0.717) is 31.8 Å². The van der Waals surface area contributed by atoms with Gasteiger partial charge in [0, 0.05) is 23.5 Å². The fraction of sp³-hybridized carbons (Fsp3) is 0.200. The highest BCUT2D eigenvalue weighted by molar-refractivity contribution is 5.85. The molecular formula is C20H19N3O3. The molecule has 0 saturated carbocycles. The Bertz CT molecular complexity index is 962. The van der Waals surface area contributed by atoms with Crippen LogP contribution in [0.2, 0.25) is 0 Å². The van der Waals surface area contributed by atoms with Gasteiger partial charge >= 0.3 is 0 Å².